The highest BCUT2D eigenvalue weighted by Gasteiger charge is 2.17. The van der Waals surface area contributed by atoms with Crippen molar-refractivity contribution in [3.05, 3.63) is 46.9 Å². The molecule has 0 unspecified atom stereocenters. The molecular formula is C14H11N5O2. The Bertz CT molecular complexity index is 828. The van der Waals surface area contributed by atoms with Crippen molar-refractivity contribution in [2.24, 2.45) is 0 Å². The molecule has 7 nitrogen and oxygen atoms in total. The van der Waals surface area contributed by atoms with E-state index < -0.39 is 0 Å². The summed E-state index contributed by atoms with van der Waals surface area (Å²) in [6.07, 6.45) is 3.65. The summed E-state index contributed by atoms with van der Waals surface area (Å²) < 4.78 is 10.2. The molecule has 0 radical (unpaired) electrons. The predicted molar refractivity (Wildman–Crippen MR) is 71.0 cm³/mol. The number of pyridine rings is 1. The van der Waals surface area contributed by atoms with Crippen molar-refractivity contribution in [3.63, 3.8) is 0 Å². The van der Waals surface area contributed by atoms with Crippen LogP contribution in [-0.4, -0.2) is 20.3 Å². The van der Waals surface area contributed by atoms with Gasteiger partial charge in [-0.3, -0.25) is 4.98 Å². The Morgan fingerprint density at radius 1 is 1.24 bits per heavy atom. The lowest BCUT2D eigenvalue weighted by atomic mass is 10.1. The summed E-state index contributed by atoms with van der Waals surface area (Å²) >= 11 is 0. The average molecular weight is 281 g/mol. The molecule has 7 heteroatoms. The van der Waals surface area contributed by atoms with Crippen LogP contribution in [0.5, 0.6) is 0 Å². The number of aryl methyl sites for hydroxylation is 2. The second-order valence-electron chi connectivity index (χ2n) is 4.55. The Morgan fingerprint density at radius 3 is 2.86 bits per heavy atom. The van der Waals surface area contributed by atoms with Crippen molar-refractivity contribution in [3.8, 4) is 17.5 Å². The van der Waals surface area contributed by atoms with Crippen molar-refractivity contribution in [2.45, 2.75) is 20.3 Å². The van der Waals surface area contributed by atoms with Gasteiger partial charge in [0.1, 0.15) is 17.3 Å². The Kier molecular flexibility index (Phi) is 3.20. The molecule has 0 aliphatic heterocycles. The van der Waals surface area contributed by atoms with Gasteiger partial charge in [-0.15, -0.1) is 0 Å². The molecule has 0 amide bonds. The first-order chi connectivity index (χ1) is 10.2. The third kappa shape index (κ3) is 2.39. The Balaban J connectivity index is 1.89. The zero-order chi connectivity index (χ0) is 14.8. The summed E-state index contributed by atoms with van der Waals surface area (Å²) in [5, 5.41) is 16.8. The lowest BCUT2D eigenvalue weighted by molar-refractivity contribution is 0.371. The van der Waals surface area contributed by atoms with E-state index in [0.717, 1.165) is 11.1 Å². The first-order valence-electron chi connectivity index (χ1n) is 6.28. The van der Waals surface area contributed by atoms with E-state index in [0.29, 0.717) is 28.7 Å². The fourth-order valence-corrected chi connectivity index (χ4v) is 1.96. The number of aromatic nitrogens is 4. The molecule has 0 aliphatic carbocycles. The molecule has 0 atom stereocenters. The molecule has 3 rings (SSSR count). The minimum absolute atomic E-state index is 0.256. The number of nitrogens with zero attached hydrogens (tertiary/aromatic N) is 5. The van der Waals surface area contributed by atoms with Gasteiger partial charge < -0.3 is 9.05 Å². The maximum atomic E-state index is 9.06. The van der Waals surface area contributed by atoms with Crippen LogP contribution in [0.3, 0.4) is 0 Å². The van der Waals surface area contributed by atoms with E-state index in [1.807, 2.05) is 13.0 Å². The molecule has 0 spiro atoms. The lowest BCUT2D eigenvalue weighted by Crippen LogP contribution is -1.93. The zero-order valence-electron chi connectivity index (χ0n) is 11.5. The van der Waals surface area contributed by atoms with Crippen LogP contribution in [0.1, 0.15) is 28.5 Å². The third-order valence-electron chi connectivity index (χ3n) is 3.11. The monoisotopic (exact) mass is 281 g/mol. The number of hydrogen-bond acceptors (Lipinski definition) is 7. The molecular weight excluding hydrogens is 270 g/mol. The van der Waals surface area contributed by atoms with Gasteiger partial charge in [-0.05, 0) is 25.5 Å². The second kappa shape index (κ2) is 5.17. The number of nitriles is 1. The van der Waals surface area contributed by atoms with Gasteiger partial charge >= 0.3 is 0 Å². The first-order valence-corrected chi connectivity index (χ1v) is 6.28. The van der Waals surface area contributed by atoms with Crippen molar-refractivity contribution >= 4 is 0 Å². The smallest absolute Gasteiger partial charge is 0.233 e. The molecule has 0 N–H and O–H groups in total. The van der Waals surface area contributed by atoms with E-state index >= 15 is 0 Å². The summed E-state index contributed by atoms with van der Waals surface area (Å²) in [5.41, 5.74) is 2.72. The van der Waals surface area contributed by atoms with Gasteiger partial charge in [-0.1, -0.05) is 10.3 Å². The van der Waals surface area contributed by atoms with Crippen LogP contribution in [0.15, 0.2) is 27.5 Å². The van der Waals surface area contributed by atoms with E-state index in [-0.39, 0.29) is 6.42 Å². The average Bonchev–Trinajstić information content (AvgIpc) is 3.07. The van der Waals surface area contributed by atoms with Crippen LogP contribution >= 0.6 is 0 Å². The van der Waals surface area contributed by atoms with Gasteiger partial charge in [0.15, 0.2) is 5.76 Å². The summed E-state index contributed by atoms with van der Waals surface area (Å²) in [7, 11) is 0. The number of hydrogen-bond donors (Lipinski definition) is 0. The summed E-state index contributed by atoms with van der Waals surface area (Å²) in [6, 6.07) is 3.93. The van der Waals surface area contributed by atoms with Gasteiger partial charge in [0, 0.05) is 18.0 Å². The fourth-order valence-electron chi connectivity index (χ4n) is 1.96. The Labute approximate surface area is 120 Å². The largest absolute Gasteiger partial charge is 0.360 e. The molecule has 3 aromatic rings. The van der Waals surface area contributed by atoms with E-state index in [4.69, 9.17) is 14.3 Å². The highest BCUT2D eigenvalue weighted by Crippen LogP contribution is 2.20. The van der Waals surface area contributed by atoms with E-state index in [1.54, 1.807) is 19.3 Å². The first kappa shape index (κ1) is 13.0. The minimum atomic E-state index is 0.256. The highest BCUT2D eigenvalue weighted by molar-refractivity contribution is 5.57. The summed E-state index contributed by atoms with van der Waals surface area (Å²) in [6.45, 7) is 3.63. The van der Waals surface area contributed by atoms with Gasteiger partial charge in [0.2, 0.25) is 11.7 Å². The van der Waals surface area contributed by atoms with Gasteiger partial charge in [-0.2, -0.15) is 10.2 Å². The molecule has 21 heavy (non-hydrogen) atoms. The third-order valence-corrected chi connectivity index (χ3v) is 3.11. The second-order valence-corrected chi connectivity index (χ2v) is 4.55. The topological polar surface area (TPSA) is 102 Å². The molecule has 0 aromatic carbocycles. The van der Waals surface area contributed by atoms with Crippen LogP contribution in [0.2, 0.25) is 0 Å². The summed E-state index contributed by atoms with van der Waals surface area (Å²) in [4.78, 5) is 8.37. The zero-order valence-corrected chi connectivity index (χ0v) is 11.5. The van der Waals surface area contributed by atoms with E-state index in [9.17, 15) is 0 Å². The molecule has 3 heterocycles. The van der Waals surface area contributed by atoms with E-state index in [2.05, 4.69) is 26.4 Å². The van der Waals surface area contributed by atoms with Crippen LogP contribution < -0.4 is 0 Å². The van der Waals surface area contributed by atoms with Crippen LogP contribution in [0.25, 0.3) is 11.4 Å². The maximum absolute atomic E-state index is 9.06. The normalized spacial score (nSPS) is 10.5. The van der Waals surface area contributed by atoms with Crippen molar-refractivity contribution < 1.29 is 9.05 Å². The van der Waals surface area contributed by atoms with E-state index in [1.165, 1.54) is 0 Å². The number of rotatable bonds is 3. The van der Waals surface area contributed by atoms with Gasteiger partial charge in [-0.25, -0.2) is 0 Å². The minimum Gasteiger partial charge on any atom is -0.360 e. The molecule has 0 saturated carbocycles. The fraction of sp³-hybridized carbons (Fsp3) is 0.214. The molecule has 0 saturated heterocycles. The molecule has 0 bridgehead atoms. The quantitative estimate of drug-likeness (QED) is 0.725. The predicted octanol–water partition coefficient (Wildman–Crippen LogP) is 2.20. The standard InChI is InChI=1S/C14H11N5O2/c1-8-3-4-16-7-11(8)14-17-13(21-19-14)5-12-10(6-15)9(2)20-18-12/h3-4,7H,5H2,1-2H3. The Hall–Kier alpha value is -3.01. The lowest BCUT2D eigenvalue weighted by Gasteiger charge is -1.97. The maximum Gasteiger partial charge on any atom is 0.233 e. The SMILES string of the molecule is Cc1ccncc1-c1noc(Cc2noc(C)c2C#N)n1. The van der Waals surface area contributed by atoms with Crippen molar-refractivity contribution in [2.75, 3.05) is 0 Å². The molecule has 3 aromatic heterocycles. The van der Waals surface area contributed by atoms with Gasteiger partial charge in [0.25, 0.3) is 0 Å². The molecule has 104 valence electrons. The Morgan fingerprint density at radius 2 is 2.10 bits per heavy atom. The van der Waals surface area contributed by atoms with Crippen LogP contribution in [0, 0.1) is 25.2 Å². The van der Waals surface area contributed by atoms with Crippen molar-refractivity contribution in [1.29, 1.82) is 5.26 Å². The van der Waals surface area contributed by atoms with Crippen LogP contribution in [-0.2, 0) is 6.42 Å². The highest BCUT2D eigenvalue weighted by atomic mass is 16.5. The van der Waals surface area contributed by atoms with Crippen LogP contribution in [0.4, 0.5) is 0 Å². The van der Waals surface area contributed by atoms with Crippen molar-refractivity contribution in [1.82, 2.24) is 20.3 Å². The molecule has 0 aliphatic rings. The molecule has 0 fully saturated rings. The van der Waals surface area contributed by atoms with Gasteiger partial charge in [0.05, 0.1) is 6.42 Å². The summed E-state index contributed by atoms with van der Waals surface area (Å²) in [5.74, 6) is 1.32.